The molecule has 2 atom stereocenters. The van der Waals surface area contributed by atoms with Gasteiger partial charge in [-0.1, -0.05) is 44.2 Å². The lowest BCUT2D eigenvalue weighted by atomic mass is 9.72. The Morgan fingerprint density at radius 1 is 1.10 bits per heavy atom. The molecule has 0 fully saturated rings. The van der Waals surface area contributed by atoms with Crippen molar-refractivity contribution in [2.45, 2.75) is 45.4 Å². The van der Waals surface area contributed by atoms with Crippen molar-refractivity contribution in [1.82, 2.24) is 10.3 Å². The maximum atomic E-state index is 13.4. The van der Waals surface area contributed by atoms with Crippen molar-refractivity contribution in [3.05, 3.63) is 88.5 Å². The number of dihydropyridines is 1. The number of hydrogen-bond acceptors (Lipinski definition) is 5. The molecule has 1 N–H and O–H groups in total. The summed E-state index contributed by atoms with van der Waals surface area (Å²) < 4.78 is 5.58. The molecule has 31 heavy (non-hydrogen) atoms. The number of allylic oxidation sites excluding steroid dienone is 3. The first-order valence-electron chi connectivity index (χ1n) is 10.8. The molecule has 1 aliphatic heterocycles. The summed E-state index contributed by atoms with van der Waals surface area (Å²) in [5.41, 5.74) is 4.89. The van der Waals surface area contributed by atoms with E-state index in [0.717, 1.165) is 28.9 Å². The van der Waals surface area contributed by atoms with Gasteiger partial charge in [0.05, 0.1) is 12.2 Å². The molecule has 5 nitrogen and oxygen atoms in total. The predicted molar refractivity (Wildman–Crippen MR) is 119 cm³/mol. The number of ketones is 1. The van der Waals surface area contributed by atoms with Crippen molar-refractivity contribution in [2.24, 2.45) is 5.92 Å². The molecule has 2 aromatic rings. The Morgan fingerprint density at radius 3 is 2.48 bits per heavy atom. The molecule has 1 aromatic heterocycles. The number of benzene rings is 1. The minimum atomic E-state index is -0.442. The van der Waals surface area contributed by atoms with Crippen LogP contribution in [0.3, 0.4) is 0 Å². The SMILES string of the molecule is CC1=C(C(=O)OCC(C)C)C(c2ccncc2)C2=C(CC(c3ccccc3)CC2=O)N1. The van der Waals surface area contributed by atoms with E-state index in [1.54, 1.807) is 12.4 Å². The van der Waals surface area contributed by atoms with Crippen LogP contribution in [0.2, 0.25) is 0 Å². The summed E-state index contributed by atoms with van der Waals surface area (Å²) in [6.45, 7) is 6.24. The number of pyridine rings is 1. The van der Waals surface area contributed by atoms with Gasteiger partial charge >= 0.3 is 5.97 Å². The molecule has 0 saturated carbocycles. The van der Waals surface area contributed by atoms with Crippen LogP contribution in [0.1, 0.15) is 56.6 Å². The molecular weight excluding hydrogens is 388 g/mol. The van der Waals surface area contributed by atoms with Crippen LogP contribution in [0.25, 0.3) is 0 Å². The lowest BCUT2D eigenvalue weighted by molar-refractivity contribution is -0.140. The van der Waals surface area contributed by atoms with E-state index in [4.69, 9.17) is 4.74 Å². The monoisotopic (exact) mass is 416 g/mol. The van der Waals surface area contributed by atoms with E-state index >= 15 is 0 Å². The van der Waals surface area contributed by atoms with E-state index in [9.17, 15) is 9.59 Å². The van der Waals surface area contributed by atoms with Gasteiger partial charge in [-0.05, 0) is 48.4 Å². The maximum Gasteiger partial charge on any atom is 0.336 e. The van der Waals surface area contributed by atoms with Gasteiger partial charge in [0.25, 0.3) is 0 Å². The van der Waals surface area contributed by atoms with Crippen molar-refractivity contribution in [2.75, 3.05) is 6.61 Å². The van der Waals surface area contributed by atoms with E-state index in [1.165, 1.54) is 0 Å². The first kappa shape index (κ1) is 21.0. The number of ether oxygens (including phenoxy) is 1. The fourth-order valence-electron chi connectivity index (χ4n) is 4.48. The zero-order chi connectivity index (χ0) is 22.0. The number of carbonyl (C=O) groups excluding carboxylic acids is 2. The van der Waals surface area contributed by atoms with Gasteiger partial charge in [0.15, 0.2) is 5.78 Å². The van der Waals surface area contributed by atoms with Crippen LogP contribution in [0.4, 0.5) is 0 Å². The fraction of sp³-hybridized carbons (Fsp3) is 0.346. The molecule has 2 heterocycles. The third-order valence-corrected chi connectivity index (χ3v) is 5.91. The molecule has 1 aromatic carbocycles. The number of rotatable bonds is 5. The second-order valence-corrected chi connectivity index (χ2v) is 8.70. The van der Waals surface area contributed by atoms with Crippen LogP contribution in [-0.2, 0) is 14.3 Å². The molecule has 2 unspecified atom stereocenters. The quantitative estimate of drug-likeness (QED) is 0.719. The summed E-state index contributed by atoms with van der Waals surface area (Å²) in [7, 11) is 0. The Balaban J connectivity index is 1.75. The Kier molecular flexibility index (Phi) is 6.03. The zero-order valence-electron chi connectivity index (χ0n) is 18.2. The van der Waals surface area contributed by atoms with Gasteiger partial charge in [0.2, 0.25) is 0 Å². The highest BCUT2D eigenvalue weighted by atomic mass is 16.5. The lowest BCUT2D eigenvalue weighted by Crippen LogP contribution is -2.36. The van der Waals surface area contributed by atoms with E-state index in [2.05, 4.69) is 22.4 Å². The van der Waals surface area contributed by atoms with Gasteiger partial charge in [0.1, 0.15) is 0 Å². The minimum absolute atomic E-state index is 0.0751. The molecule has 1 aliphatic carbocycles. The normalized spacial score (nSPS) is 21.1. The zero-order valence-corrected chi connectivity index (χ0v) is 18.2. The fourth-order valence-corrected chi connectivity index (χ4v) is 4.48. The summed E-state index contributed by atoms with van der Waals surface area (Å²) >= 11 is 0. The minimum Gasteiger partial charge on any atom is -0.462 e. The van der Waals surface area contributed by atoms with Gasteiger partial charge in [-0.3, -0.25) is 9.78 Å². The lowest BCUT2D eigenvalue weighted by Gasteiger charge is -2.36. The van der Waals surface area contributed by atoms with Crippen LogP contribution < -0.4 is 5.32 Å². The number of nitrogens with one attached hydrogen (secondary N) is 1. The summed E-state index contributed by atoms with van der Waals surface area (Å²) in [6.07, 6.45) is 4.56. The topological polar surface area (TPSA) is 68.3 Å². The van der Waals surface area contributed by atoms with Gasteiger partial charge in [0, 0.05) is 41.7 Å². The summed E-state index contributed by atoms with van der Waals surface area (Å²) in [5, 5.41) is 3.39. The summed E-state index contributed by atoms with van der Waals surface area (Å²) in [4.78, 5) is 30.7. The smallest absolute Gasteiger partial charge is 0.336 e. The largest absolute Gasteiger partial charge is 0.462 e. The van der Waals surface area contributed by atoms with Crippen LogP contribution in [0.15, 0.2) is 77.4 Å². The molecule has 0 bridgehead atoms. The Hall–Kier alpha value is -3.21. The van der Waals surface area contributed by atoms with E-state index < -0.39 is 5.92 Å². The van der Waals surface area contributed by atoms with Crippen molar-refractivity contribution < 1.29 is 14.3 Å². The number of nitrogens with zero attached hydrogens (tertiary/aromatic N) is 1. The number of esters is 1. The number of Topliss-reactive ketones (excluding diaryl/α,β-unsaturated/α-hetero) is 1. The Bertz CT molecular complexity index is 1040. The van der Waals surface area contributed by atoms with Gasteiger partial charge < -0.3 is 10.1 Å². The first-order chi connectivity index (χ1) is 15.0. The average molecular weight is 417 g/mol. The van der Waals surface area contributed by atoms with E-state index in [-0.39, 0.29) is 23.6 Å². The predicted octanol–water partition coefficient (Wildman–Crippen LogP) is 4.64. The molecular formula is C26H28N2O3. The van der Waals surface area contributed by atoms with Gasteiger partial charge in [-0.2, -0.15) is 0 Å². The third-order valence-electron chi connectivity index (χ3n) is 5.91. The van der Waals surface area contributed by atoms with Crippen molar-refractivity contribution in [1.29, 1.82) is 0 Å². The third kappa shape index (κ3) is 4.31. The van der Waals surface area contributed by atoms with Crippen molar-refractivity contribution >= 4 is 11.8 Å². The summed E-state index contributed by atoms with van der Waals surface area (Å²) in [5.74, 6) is -0.377. The molecule has 2 aliphatic rings. The van der Waals surface area contributed by atoms with Crippen LogP contribution in [0, 0.1) is 5.92 Å². The number of aromatic nitrogens is 1. The average Bonchev–Trinajstić information content (AvgIpc) is 2.77. The molecule has 0 saturated heterocycles. The highest BCUT2D eigenvalue weighted by Crippen LogP contribution is 2.45. The highest BCUT2D eigenvalue weighted by Gasteiger charge is 2.41. The van der Waals surface area contributed by atoms with Gasteiger partial charge in [-0.15, -0.1) is 0 Å². The molecule has 0 amide bonds. The molecule has 4 rings (SSSR count). The number of carbonyl (C=O) groups is 2. The molecule has 0 radical (unpaired) electrons. The molecule has 160 valence electrons. The second-order valence-electron chi connectivity index (χ2n) is 8.70. The maximum absolute atomic E-state index is 13.4. The van der Waals surface area contributed by atoms with Crippen molar-refractivity contribution in [3.8, 4) is 0 Å². The van der Waals surface area contributed by atoms with Crippen LogP contribution in [0.5, 0.6) is 0 Å². The Morgan fingerprint density at radius 2 is 1.81 bits per heavy atom. The van der Waals surface area contributed by atoms with Crippen molar-refractivity contribution in [3.63, 3.8) is 0 Å². The Labute approximate surface area is 183 Å². The number of hydrogen-bond donors (Lipinski definition) is 1. The van der Waals surface area contributed by atoms with E-state index in [1.807, 2.05) is 51.1 Å². The van der Waals surface area contributed by atoms with Crippen LogP contribution in [-0.4, -0.2) is 23.3 Å². The van der Waals surface area contributed by atoms with Gasteiger partial charge in [-0.25, -0.2) is 4.79 Å². The molecule has 5 heteroatoms. The first-order valence-corrected chi connectivity index (χ1v) is 10.8. The van der Waals surface area contributed by atoms with Crippen LogP contribution >= 0.6 is 0 Å². The second kappa shape index (κ2) is 8.88. The molecule has 0 spiro atoms. The summed E-state index contributed by atoms with van der Waals surface area (Å²) in [6, 6.07) is 13.9. The highest BCUT2D eigenvalue weighted by molar-refractivity contribution is 6.04. The van der Waals surface area contributed by atoms with E-state index in [0.29, 0.717) is 24.2 Å². The standard InChI is InChI=1S/C26H28N2O3/c1-16(2)15-31-26(30)23-17(3)28-21-13-20(18-7-5-4-6-8-18)14-22(29)25(21)24(23)19-9-11-27-12-10-19/h4-12,16,20,24,28H,13-15H2,1-3H3.